The summed E-state index contributed by atoms with van der Waals surface area (Å²) < 4.78 is 0. The predicted molar refractivity (Wildman–Crippen MR) is 37.3 cm³/mol. The fourth-order valence-corrected chi connectivity index (χ4v) is 1.36. The van der Waals surface area contributed by atoms with Crippen molar-refractivity contribution < 1.29 is 5.11 Å². The lowest BCUT2D eigenvalue weighted by molar-refractivity contribution is 0.130. The van der Waals surface area contributed by atoms with E-state index in [4.69, 9.17) is 5.11 Å². The SMILES string of the molecule is C[C@H](O)[C@H]1CCN(C)C1. The largest absolute Gasteiger partial charge is 0.393 e. The van der Waals surface area contributed by atoms with E-state index in [0.29, 0.717) is 5.92 Å². The van der Waals surface area contributed by atoms with Crippen LogP contribution in [0.5, 0.6) is 0 Å². The molecule has 0 bridgehead atoms. The summed E-state index contributed by atoms with van der Waals surface area (Å²) in [6.07, 6.45) is 1.05. The Morgan fingerprint density at radius 1 is 1.67 bits per heavy atom. The maximum absolute atomic E-state index is 9.14. The third-order valence-corrected chi connectivity index (χ3v) is 2.11. The van der Waals surface area contributed by atoms with Crippen LogP contribution in [0.25, 0.3) is 0 Å². The smallest absolute Gasteiger partial charge is 0.0552 e. The first-order chi connectivity index (χ1) is 4.20. The van der Waals surface area contributed by atoms with Gasteiger partial charge in [-0.05, 0) is 32.9 Å². The first-order valence-corrected chi connectivity index (χ1v) is 3.57. The van der Waals surface area contributed by atoms with Gasteiger partial charge < -0.3 is 10.0 Å². The van der Waals surface area contributed by atoms with Gasteiger partial charge in [-0.15, -0.1) is 0 Å². The molecule has 0 saturated carbocycles. The highest BCUT2D eigenvalue weighted by molar-refractivity contribution is 4.76. The maximum Gasteiger partial charge on any atom is 0.0552 e. The Morgan fingerprint density at radius 2 is 2.33 bits per heavy atom. The average molecular weight is 129 g/mol. The van der Waals surface area contributed by atoms with Gasteiger partial charge >= 0.3 is 0 Å². The normalized spacial score (nSPS) is 33.0. The van der Waals surface area contributed by atoms with Gasteiger partial charge in [-0.25, -0.2) is 0 Å². The summed E-state index contributed by atoms with van der Waals surface area (Å²) in [6, 6.07) is 0. The summed E-state index contributed by atoms with van der Waals surface area (Å²) in [5.74, 6) is 0.523. The minimum absolute atomic E-state index is 0.116. The molecule has 1 aliphatic heterocycles. The molecule has 2 heteroatoms. The maximum atomic E-state index is 9.14. The van der Waals surface area contributed by atoms with E-state index in [9.17, 15) is 0 Å². The van der Waals surface area contributed by atoms with E-state index in [2.05, 4.69) is 11.9 Å². The van der Waals surface area contributed by atoms with E-state index in [1.165, 1.54) is 0 Å². The van der Waals surface area contributed by atoms with Crippen LogP contribution in [0.4, 0.5) is 0 Å². The third-order valence-electron chi connectivity index (χ3n) is 2.11. The third kappa shape index (κ3) is 1.66. The van der Waals surface area contributed by atoms with Crippen LogP contribution in [0.1, 0.15) is 13.3 Å². The number of likely N-dealkylation sites (tertiary alicyclic amines) is 1. The van der Waals surface area contributed by atoms with Crippen molar-refractivity contribution in [3.8, 4) is 0 Å². The van der Waals surface area contributed by atoms with Crippen LogP contribution < -0.4 is 0 Å². The van der Waals surface area contributed by atoms with Gasteiger partial charge in [-0.2, -0.15) is 0 Å². The molecule has 1 N–H and O–H groups in total. The molecule has 1 fully saturated rings. The molecule has 0 spiro atoms. The van der Waals surface area contributed by atoms with Crippen molar-refractivity contribution >= 4 is 0 Å². The Morgan fingerprint density at radius 3 is 2.56 bits per heavy atom. The summed E-state index contributed by atoms with van der Waals surface area (Å²) in [7, 11) is 2.10. The van der Waals surface area contributed by atoms with Gasteiger partial charge in [0.1, 0.15) is 0 Å². The molecule has 9 heavy (non-hydrogen) atoms. The first-order valence-electron chi connectivity index (χ1n) is 3.57. The molecule has 1 saturated heterocycles. The number of nitrogens with zero attached hydrogens (tertiary/aromatic N) is 1. The van der Waals surface area contributed by atoms with Gasteiger partial charge in [0.25, 0.3) is 0 Å². The molecule has 0 aromatic rings. The van der Waals surface area contributed by atoms with Crippen LogP contribution in [0.2, 0.25) is 0 Å². The van der Waals surface area contributed by atoms with Crippen LogP contribution in [0.15, 0.2) is 0 Å². The molecule has 0 aliphatic carbocycles. The Labute approximate surface area is 56.5 Å². The van der Waals surface area contributed by atoms with Gasteiger partial charge in [0.05, 0.1) is 6.10 Å². The van der Waals surface area contributed by atoms with E-state index in [1.54, 1.807) is 0 Å². The lowest BCUT2D eigenvalue weighted by Gasteiger charge is -2.12. The van der Waals surface area contributed by atoms with Crippen molar-refractivity contribution in [2.75, 3.05) is 20.1 Å². The number of aliphatic hydroxyl groups excluding tert-OH is 1. The van der Waals surface area contributed by atoms with Crippen molar-refractivity contribution in [3.63, 3.8) is 0 Å². The molecular weight excluding hydrogens is 114 g/mol. The average Bonchev–Trinajstić information content (AvgIpc) is 2.14. The summed E-state index contributed by atoms with van der Waals surface area (Å²) in [5.41, 5.74) is 0. The van der Waals surface area contributed by atoms with Crippen LogP contribution >= 0.6 is 0 Å². The van der Waals surface area contributed by atoms with Gasteiger partial charge in [0.15, 0.2) is 0 Å². The highest BCUT2D eigenvalue weighted by Crippen LogP contribution is 2.17. The quantitative estimate of drug-likeness (QED) is 0.551. The van der Waals surface area contributed by atoms with Crippen molar-refractivity contribution in [2.24, 2.45) is 5.92 Å². The number of aliphatic hydroxyl groups is 1. The van der Waals surface area contributed by atoms with Crippen LogP contribution in [0.3, 0.4) is 0 Å². The molecule has 54 valence electrons. The van der Waals surface area contributed by atoms with Crippen molar-refractivity contribution in [1.82, 2.24) is 4.90 Å². The fraction of sp³-hybridized carbons (Fsp3) is 1.00. The second-order valence-corrected chi connectivity index (χ2v) is 3.05. The Bertz CT molecular complexity index is 92.9. The van der Waals surface area contributed by atoms with E-state index in [0.717, 1.165) is 19.5 Å². The number of hydrogen-bond acceptors (Lipinski definition) is 2. The molecule has 1 heterocycles. The Kier molecular flexibility index (Phi) is 2.09. The zero-order chi connectivity index (χ0) is 6.85. The first kappa shape index (κ1) is 7.03. The molecule has 2 nitrogen and oxygen atoms in total. The topological polar surface area (TPSA) is 23.5 Å². The van der Waals surface area contributed by atoms with Crippen molar-refractivity contribution in [3.05, 3.63) is 0 Å². The second kappa shape index (κ2) is 2.67. The zero-order valence-electron chi connectivity index (χ0n) is 6.17. The van der Waals surface area contributed by atoms with Crippen LogP contribution in [-0.4, -0.2) is 36.2 Å². The van der Waals surface area contributed by atoms with Crippen LogP contribution in [0, 0.1) is 5.92 Å². The molecule has 2 atom stereocenters. The lowest BCUT2D eigenvalue weighted by atomic mass is 10.0. The lowest BCUT2D eigenvalue weighted by Crippen LogP contribution is -2.20. The molecular formula is C7H15NO. The number of hydrogen-bond donors (Lipinski definition) is 1. The van der Waals surface area contributed by atoms with Crippen molar-refractivity contribution in [2.45, 2.75) is 19.4 Å². The molecule has 0 aromatic carbocycles. The Balaban J connectivity index is 2.30. The van der Waals surface area contributed by atoms with Gasteiger partial charge in [-0.3, -0.25) is 0 Å². The van der Waals surface area contributed by atoms with Gasteiger partial charge in [0.2, 0.25) is 0 Å². The standard InChI is InChI=1S/C7H15NO/c1-6(9)7-3-4-8(2)5-7/h6-7,9H,3-5H2,1-2H3/t6-,7-/m0/s1. The van der Waals surface area contributed by atoms with Crippen molar-refractivity contribution in [1.29, 1.82) is 0 Å². The molecule has 0 amide bonds. The molecule has 0 radical (unpaired) electrons. The molecule has 1 aliphatic rings. The minimum Gasteiger partial charge on any atom is -0.393 e. The van der Waals surface area contributed by atoms with E-state index in [-0.39, 0.29) is 6.10 Å². The summed E-state index contributed by atoms with van der Waals surface area (Å²) in [4.78, 5) is 2.26. The highest BCUT2D eigenvalue weighted by atomic mass is 16.3. The molecule has 0 aromatic heterocycles. The summed E-state index contributed by atoms with van der Waals surface area (Å²) in [6.45, 7) is 4.09. The molecule has 0 unspecified atom stereocenters. The predicted octanol–water partition coefficient (Wildman–Crippen LogP) is 0.319. The molecule has 1 rings (SSSR count). The van der Waals surface area contributed by atoms with E-state index >= 15 is 0 Å². The fourth-order valence-electron chi connectivity index (χ4n) is 1.36. The van der Waals surface area contributed by atoms with E-state index < -0.39 is 0 Å². The second-order valence-electron chi connectivity index (χ2n) is 3.05. The minimum atomic E-state index is -0.116. The zero-order valence-corrected chi connectivity index (χ0v) is 6.17. The summed E-state index contributed by atoms with van der Waals surface area (Å²) in [5, 5.41) is 9.14. The highest BCUT2D eigenvalue weighted by Gasteiger charge is 2.22. The van der Waals surface area contributed by atoms with E-state index in [1.807, 2.05) is 6.92 Å². The Hall–Kier alpha value is -0.0800. The summed E-state index contributed by atoms with van der Waals surface area (Å²) >= 11 is 0. The van der Waals surface area contributed by atoms with Gasteiger partial charge in [0, 0.05) is 6.54 Å². The van der Waals surface area contributed by atoms with Gasteiger partial charge in [-0.1, -0.05) is 0 Å². The number of rotatable bonds is 1. The monoisotopic (exact) mass is 129 g/mol. The van der Waals surface area contributed by atoms with Crippen LogP contribution in [-0.2, 0) is 0 Å².